The van der Waals surface area contributed by atoms with Crippen LogP contribution >= 0.6 is 0 Å². The van der Waals surface area contributed by atoms with Gasteiger partial charge in [-0.25, -0.2) is 5.48 Å². The maximum absolute atomic E-state index is 12.4. The Morgan fingerprint density at radius 3 is 2.00 bits per heavy atom. The average molecular weight is 513 g/mol. The van der Waals surface area contributed by atoms with Gasteiger partial charge in [0.25, 0.3) is 11.8 Å². The lowest BCUT2D eigenvalue weighted by atomic mass is 10.1. The third-order valence-corrected chi connectivity index (χ3v) is 6.51. The van der Waals surface area contributed by atoms with E-state index < -0.39 is 24.0 Å². The third-order valence-electron chi connectivity index (χ3n) is 6.51. The highest BCUT2D eigenvalue weighted by Gasteiger charge is 2.25. The molecule has 2 atom stereocenters. The molecule has 1 fully saturated rings. The molecule has 0 bridgehead atoms. The summed E-state index contributed by atoms with van der Waals surface area (Å²) in [4.78, 5) is 28.9. The van der Waals surface area contributed by atoms with Crippen LogP contribution in [0.2, 0.25) is 0 Å². The molecule has 196 valence electrons. The van der Waals surface area contributed by atoms with Gasteiger partial charge in [-0.1, -0.05) is 42.2 Å². The summed E-state index contributed by atoms with van der Waals surface area (Å²) < 4.78 is 0. The third kappa shape index (κ3) is 7.20. The van der Waals surface area contributed by atoms with Gasteiger partial charge in [-0.2, -0.15) is 0 Å². The monoisotopic (exact) mass is 512 g/mol. The van der Waals surface area contributed by atoms with Gasteiger partial charge >= 0.3 is 0 Å². The summed E-state index contributed by atoms with van der Waals surface area (Å²) in [6.07, 6.45) is -1.17. The number of nitrogens with one attached hydrogen (secondary N) is 2. The van der Waals surface area contributed by atoms with Crippen LogP contribution < -0.4 is 15.7 Å². The van der Waals surface area contributed by atoms with E-state index in [1.165, 1.54) is 23.7 Å². The first-order valence-electron chi connectivity index (χ1n) is 12.6. The van der Waals surface area contributed by atoms with Crippen LogP contribution in [-0.2, 0) is 11.3 Å². The standard InChI is InChI=1S/C30H32N4O4/c1-22(35)28(30(37)32-38)31-29(36)26-15-13-24(14-16-26)8-7-23-9-11-25(12-10-23)21-33-17-19-34(20-18-33)27-5-3-2-4-6-27/h2-6,9-16,22,28,35,38H,17-21H2,1H3,(H,31,36)(H,32,37). The number of benzene rings is 3. The minimum atomic E-state index is -1.27. The van der Waals surface area contributed by atoms with Crippen LogP contribution in [0.25, 0.3) is 0 Å². The van der Waals surface area contributed by atoms with Crippen LogP contribution in [0.1, 0.15) is 34.0 Å². The molecule has 1 aliphatic heterocycles. The van der Waals surface area contributed by atoms with Crippen molar-refractivity contribution in [2.24, 2.45) is 0 Å². The molecule has 1 aliphatic rings. The zero-order valence-corrected chi connectivity index (χ0v) is 21.3. The minimum absolute atomic E-state index is 0.306. The quantitative estimate of drug-likeness (QED) is 0.220. The number of piperazine rings is 1. The second kappa shape index (κ2) is 12.9. The first kappa shape index (κ1) is 26.9. The lowest BCUT2D eigenvalue weighted by Crippen LogP contribution is -2.51. The van der Waals surface area contributed by atoms with E-state index in [0.29, 0.717) is 5.56 Å². The first-order valence-corrected chi connectivity index (χ1v) is 12.6. The number of hydrogen-bond donors (Lipinski definition) is 4. The van der Waals surface area contributed by atoms with Gasteiger partial charge in [0.1, 0.15) is 6.04 Å². The van der Waals surface area contributed by atoms with E-state index in [1.807, 2.05) is 18.2 Å². The zero-order chi connectivity index (χ0) is 26.9. The number of carbonyl (C=O) groups excluding carboxylic acids is 2. The van der Waals surface area contributed by atoms with Crippen LogP contribution in [0.4, 0.5) is 5.69 Å². The smallest absolute Gasteiger partial charge is 0.268 e. The number of nitrogens with zero attached hydrogens (tertiary/aromatic N) is 2. The topological polar surface area (TPSA) is 105 Å². The van der Waals surface area contributed by atoms with Crippen molar-refractivity contribution in [3.63, 3.8) is 0 Å². The van der Waals surface area contributed by atoms with Crippen LogP contribution in [-0.4, -0.2) is 65.4 Å². The number of amides is 2. The van der Waals surface area contributed by atoms with Crippen molar-refractivity contribution >= 4 is 17.5 Å². The van der Waals surface area contributed by atoms with Crippen molar-refractivity contribution in [3.05, 3.63) is 101 Å². The number of aliphatic hydroxyl groups excluding tert-OH is 1. The normalized spacial score (nSPS) is 15.1. The largest absolute Gasteiger partial charge is 0.391 e. The van der Waals surface area contributed by atoms with Gasteiger partial charge in [0.2, 0.25) is 0 Å². The van der Waals surface area contributed by atoms with E-state index >= 15 is 0 Å². The molecule has 1 heterocycles. The van der Waals surface area contributed by atoms with Gasteiger partial charge in [0.15, 0.2) is 0 Å². The number of hydrogen-bond acceptors (Lipinski definition) is 6. The second-order valence-corrected chi connectivity index (χ2v) is 9.29. The molecular weight excluding hydrogens is 480 g/mol. The molecule has 3 aromatic rings. The predicted octanol–water partition coefficient (Wildman–Crippen LogP) is 2.39. The first-order chi connectivity index (χ1) is 18.4. The Hall–Kier alpha value is -4.16. The molecule has 0 saturated carbocycles. The second-order valence-electron chi connectivity index (χ2n) is 9.29. The lowest BCUT2D eigenvalue weighted by Gasteiger charge is -2.36. The van der Waals surface area contributed by atoms with Gasteiger partial charge in [-0.3, -0.25) is 19.7 Å². The fourth-order valence-corrected chi connectivity index (χ4v) is 4.30. The van der Waals surface area contributed by atoms with Crippen LogP contribution in [0.15, 0.2) is 78.9 Å². The Kier molecular flexibility index (Phi) is 9.11. The summed E-state index contributed by atoms with van der Waals surface area (Å²) in [5, 5.41) is 20.9. The number of aliphatic hydroxyl groups is 1. The fraction of sp³-hybridized carbons (Fsp3) is 0.267. The van der Waals surface area contributed by atoms with Gasteiger partial charge in [-0.15, -0.1) is 0 Å². The van der Waals surface area contributed by atoms with E-state index in [-0.39, 0.29) is 0 Å². The summed E-state index contributed by atoms with van der Waals surface area (Å²) in [7, 11) is 0. The molecule has 1 saturated heterocycles. The Bertz CT molecular complexity index is 1270. The number of para-hydroxylation sites is 1. The molecule has 4 rings (SSSR count). The number of carbonyl (C=O) groups is 2. The maximum atomic E-state index is 12.4. The average Bonchev–Trinajstić information content (AvgIpc) is 2.96. The Balaban J connectivity index is 1.28. The molecule has 0 aromatic heterocycles. The van der Waals surface area contributed by atoms with Crippen molar-refractivity contribution < 1.29 is 19.9 Å². The molecule has 3 aromatic carbocycles. The van der Waals surface area contributed by atoms with Crippen molar-refractivity contribution in [2.75, 3.05) is 31.1 Å². The van der Waals surface area contributed by atoms with Crippen molar-refractivity contribution in [3.8, 4) is 11.8 Å². The van der Waals surface area contributed by atoms with Crippen LogP contribution in [0.5, 0.6) is 0 Å². The summed E-state index contributed by atoms with van der Waals surface area (Å²) in [5.41, 5.74) is 5.92. The summed E-state index contributed by atoms with van der Waals surface area (Å²) in [6.45, 7) is 6.35. The molecular formula is C30H32N4O4. The molecule has 0 aliphatic carbocycles. The highest BCUT2D eigenvalue weighted by Crippen LogP contribution is 2.17. The van der Waals surface area contributed by atoms with E-state index in [1.54, 1.807) is 24.3 Å². The molecule has 0 radical (unpaired) electrons. The van der Waals surface area contributed by atoms with Crippen molar-refractivity contribution in [1.82, 2.24) is 15.7 Å². The van der Waals surface area contributed by atoms with E-state index in [2.05, 4.69) is 63.4 Å². The molecule has 8 heteroatoms. The van der Waals surface area contributed by atoms with E-state index in [9.17, 15) is 14.7 Å². The Morgan fingerprint density at radius 1 is 0.868 bits per heavy atom. The molecule has 2 amide bonds. The number of anilines is 1. The SMILES string of the molecule is CC(O)C(NC(=O)c1ccc(C#Cc2ccc(CN3CCN(c4ccccc4)CC3)cc2)cc1)C(=O)NO. The summed E-state index contributed by atoms with van der Waals surface area (Å²) >= 11 is 0. The van der Waals surface area contributed by atoms with Crippen LogP contribution in [0, 0.1) is 11.8 Å². The summed E-state index contributed by atoms with van der Waals surface area (Å²) in [5.74, 6) is 4.81. The van der Waals surface area contributed by atoms with E-state index in [4.69, 9.17) is 5.21 Å². The highest BCUT2D eigenvalue weighted by molar-refractivity contribution is 5.97. The lowest BCUT2D eigenvalue weighted by molar-refractivity contribution is -0.133. The molecule has 0 spiro atoms. The van der Waals surface area contributed by atoms with Crippen LogP contribution in [0.3, 0.4) is 0 Å². The van der Waals surface area contributed by atoms with Gasteiger partial charge in [0, 0.05) is 55.1 Å². The number of hydroxylamine groups is 1. The van der Waals surface area contributed by atoms with E-state index in [0.717, 1.165) is 43.9 Å². The number of rotatable bonds is 7. The van der Waals surface area contributed by atoms with Gasteiger partial charge in [-0.05, 0) is 61.0 Å². The molecule has 8 nitrogen and oxygen atoms in total. The van der Waals surface area contributed by atoms with Gasteiger partial charge < -0.3 is 15.3 Å². The Morgan fingerprint density at radius 2 is 1.45 bits per heavy atom. The molecule has 2 unspecified atom stereocenters. The molecule has 38 heavy (non-hydrogen) atoms. The minimum Gasteiger partial charge on any atom is -0.391 e. The zero-order valence-electron chi connectivity index (χ0n) is 21.3. The summed E-state index contributed by atoms with van der Waals surface area (Å²) in [6, 6.07) is 24.2. The predicted molar refractivity (Wildman–Crippen MR) is 146 cm³/mol. The van der Waals surface area contributed by atoms with Crippen molar-refractivity contribution in [1.29, 1.82) is 0 Å². The Labute approximate surface area is 222 Å². The van der Waals surface area contributed by atoms with Gasteiger partial charge in [0.05, 0.1) is 6.10 Å². The highest BCUT2D eigenvalue weighted by atomic mass is 16.5. The molecule has 4 N–H and O–H groups in total. The fourth-order valence-electron chi connectivity index (χ4n) is 4.30. The van der Waals surface area contributed by atoms with Crippen molar-refractivity contribution in [2.45, 2.75) is 25.6 Å². The maximum Gasteiger partial charge on any atom is 0.268 e.